The van der Waals surface area contributed by atoms with Gasteiger partial charge in [-0.1, -0.05) is 41.4 Å². The molecule has 1 heterocycles. The minimum atomic E-state index is -1.48. The topological polar surface area (TPSA) is 78.9 Å². The summed E-state index contributed by atoms with van der Waals surface area (Å²) in [4.78, 5) is 36.1. The molecule has 0 aromatic heterocycles. The lowest BCUT2D eigenvalue weighted by atomic mass is 9.96. The van der Waals surface area contributed by atoms with Gasteiger partial charge in [-0.15, -0.1) is 0 Å². The number of benzene rings is 2. The fraction of sp³-hybridized carbons (Fsp3) is 0.174. The zero-order valence-electron chi connectivity index (χ0n) is 16.7. The Morgan fingerprint density at radius 1 is 1.13 bits per heavy atom. The van der Waals surface area contributed by atoms with Gasteiger partial charge in [0.1, 0.15) is 12.4 Å². The summed E-state index contributed by atoms with van der Waals surface area (Å²) in [6.07, 6.45) is 3.79. The Balaban J connectivity index is 1.71. The molecule has 0 radical (unpaired) electrons. The van der Waals surface area contributed by atoms with Gasteiger partial charge in [0.15, 0.2) is 29.0 Å². The average Bonchev–Trinajstić information content (AvgIpc) is 2.71. The van der Waals surface area contributed by atoms with Crippen molar-refractivity contribution in [3.05, 3.63) is 75.5 Å². The zero-order chi connectivity index (χ0) is 22.5. The largest absolute Gasteiger partial charge is 0.493 e. The van der Waals surface area contributed by atoms with E-state index in [4.69, 9.17) is 37.4 Å². The SMILES string of the molecule is COc1cc(/C=C/C(=O)C2C(=O)C=C(C)OC2=O)ccc1OCc1ccc(Cl)cc1Cl. The number of rotatable bonds is 7. The predicted octanol–water partition coefficient (Wildman–Crippen LogP) is 4.81. The summed E-state index contributed by atoms with van der Waals surface area (Å²) in [7, 11) is 1.49. The predicted molar refractivity (Wildman–Crippen MR) is 116 cm³/mol. The van der Waals surface area contributed by atoms with E-state index in [-0.39, 0.29) is 12.4 Å². The number of hydrogen-bond acceptors (Lipinski definition) is 6. The van der Waals surface area contributed by atoms with Crippen molar-refractivity contribution < 1.29 is 28.6 Å². The van der Waals surface area contributed by atoms with Crippen molar-refractivity contribution >= 4 is 46.8 Å². The first-order valence-electron chi connectivity index (χ1n) is 9.19. The second-order valence-corrected chi connectivity index (χ2v) is 7.53. The fourth-order valence-electron chi connectivity index (χ4n) is 2.88. The Morgan fingerprint density at radius 2 is 1.90 bits per heavy atom. The fourth-order valence-corrected chi connectivity index (χ4v) is 3.34. The standard InChI is InChI=1S/C23H18Cl2O6/c1-13-9-19(27)22(23(28)31-13)18(26)7-3-14-4-8-20(21(10-14)29-2)30-12-15-5-6-16(24)11-17(15)25/h3-11,22H,12H2,1-2H3/b7-3+. The highest BCUT2D eigenvalue weighted by atomic mass is 35.5. The van der Waals surface area contributed by atoms with Crippen molar-refractivity contribution in [2.45, 2.75) is 13.5 Å². The Kier molecular flexibility index (Phi) is 7.15. The minimum Gasteiger partial charge on any atom is -0.493 e. The molecule has 3 rings (SSSR count). The maximum absolute atomic E-state index is 12.3. The highest BCUT2D eigenvalue weighted by molar-refractivity contribution is 6.35. The number of halogens is 2. The first-order chi connectivity index (χ1) is 14.8. The molecule has 0 spiro atoms. The monoisotopic (exact) mass is 460 g/mol. The van der Waals surface area contributed by atoms with Crippen molar-refractivity contribution in [3.8, 4) is 11.5 Å². The van der Waals surface area contributed by atoms with E-state index >= 15 is 0 Å². The van der Waals surface area contributed by atoms with Gasteiger partial charge >= 0.3 is 5.97 Å². The van der Waals surface area contributed by atoms with E-state index in [1.165, 1.54) is 26.2 Å². The van der Waals surface area contributed by atoms with E-state index in [1.54, 1.807) is 36.4 Å². The van der Waals surface area contributed by atoms with E-state index in [9.17, 15) is 14.4 Å². The zero-order valence-corrected chi connectivity index (χ0v) is 18.2. The van der Waals surface area contributed by atoms with E-state index in [1.807, 2.05) is 0 Å². The van der Waals surface area contributed by atoms with Crippen LogP contribution in [0.2, 0.25) is 10.0 Å². The molecule has 0 saturated carbocycles. The number of carbonyl (C=O) groups excluding carboxylic acids is 3. The van der Waals surface area contributed by atoms with Crippen LogP contribution in [0.5, 0.6) is 11.5 Å². The summed E-state index contributed by atoms with van der Waals surface area (Å²) >= 11 is 12.1. The third-order valence-corrected chi connectivity index (χ3v) is 5.02. The second-order valence-electron chi connectivity index (χ2n) is 6.68. The van der Waals surface area contributed by atoms with E-state index in [0.29, 0.717) is 27.1 Å². The average molecular weight is 461 g/mol. The molecule has 2 aromatic rings. The van der Waals surface area contributed by atoms with Gasteiger partial charge in [-0.2, -0.15) is 0 Å². The van der Waals surface area contributed by atoms with Crippen molar-refractivity contribution in [1.82, 2.24) is 0 Å². The van der Waals surface area contributed by atoms with Gasteiger partial charge in [-0.05, 0) is 42.8 Å². The third-order valence-electron chi connectivity index (χ3n) is 4.44. The number of ketones is 2. The highest BCUT2D eigenvalue weighted by Gasteiger charge is 2.36. The summed E-state index contributed by atoms with van der Waals surface area (Å²) in [5, 5.41) is 1.02. The van der Waals surface area contributed by atoms with E-state index < -0.39 is 23.5 Å². The first-order valence-corrected chi connectivity index (χ1v) is 9.94. The molecule has 0 saturated heterocycles. The third kappa shape index (κ3) is 5.54. The lowest BCUT2D eigenvalue weighted by Crippen LogP contribution is -2.34. The molecule has 1 aliphatic heterocycles. The molecular weight excluding hydrogens is 443 g/mol. The quantitative estimate of drug-likeness (QED) is 0.335. The molecule has 0 amide bonds. The van der Waals surface area contributed by atoms with Crippen LogP contribution in [0.3, 0.4) is 0 Å². The molecule has 0 N–H and O–H groups in total. The van der Waals surface area contributed by atoms with Crippen molar-refractivity contribution in [1.29, 1.82) is 0 Å². The summed E-state index contributed by atoms with van der Waals surface area (Å²) in [6.45, 7) is 1.68. The van der Waals surface area contributed by atoms with Crippen LogP contribution in [0.4, 0.5) is 0 Å². The lowest BCUT2D eigenvalue weighted by Gasteiger charge is -2.15. The van der Waals surface area contributed by atoms with Gasteiger partial charge in [-0.25, -0.2) is 0 Å². The normalized spacial score (nSPS) is 16.1. The summed E-state index contributed by atoms with van der Waals surface area (Å²) in [5.41, 5.74) is 1.38. The number of methoxy groups -OCH3 is 1. The number of carbonyl (C=O) groups is 3. The van der Waals surface area contributed by atoms with Crippen LogP contribution in [-0.4, -0.2) is 24.6 Å². The molecule has 1 aliphatic rings. The van der Waals surface area contributed by atoms with Gasteiger partial charge in [0.25, 0.3) is 0 Å². The molecule has 2 aromatic carbocycles. The number of hydrogen-bond donors (Lipinski definition) is 0. The van der Waals surface area contributed by atoms with Crippen LogP contribution in [0.25, 0.3) is 6.08 Å². The lowest BCUT2D eigenvalue weighted by molar-refractivity contribution is -0.151. The smallest absolute Gasteiger partial charge is 0.329 e. The molecule has 1 atom stereocenters. The Morgan fingerprint density at radius 3 is 2.58 bits per heavy atom. The van der Waals surface area contributed by atoms with Gasteiger partial charge in [0.05, 0.1) is 7.11 Å². The Bertz CT molecular complexity index is 1100. The highest BCUT2D eigenvalue weighted by Crippen LogP contribution is 2.30. The molecule has 0 aliphatic carbocycles. The minimum absolute atomic E-state index is 0.170. The van der Waals surface area contributed by atoms with Gasteiger partial charge in [-0.3, -0.25) is 14.4 Å². The van der Waals surface area contributed by atoms with Crippen LogP contribution in [0.1, 0.15) is 18.1 Å². The maximum atomic E-state index is 12.3. The molecule has 0 bridgehead atoms. The first kappa shape index (κ1) is 22.6. The molecule has 8 heteroatoms. The van der Waals surface area contributed by atoms with Crippen molar-refractivity contribution in [3.63, 3.8) is 0 Å². The number of esters is 1. The second kappa shape index (κ2) is 9.81. The van der Waals surface area contributed by atoms with Gasteiger partial charge in [0, 0.05) is 21.7 Å². The number of cyclic esters (lactones) is 1. The Labute approximate surface area is 189 Å². The van der Waals surface area contributed by atoms with Crippen LogP contribution in [0, 0.1) is 5.92 Å². The van der Waals surface area contributed by atoms with Crippen molar-refractivity contribution in [2.75, 3.05) is 7.11 Å². The maximum Gasteiger partial charge on any atom is 0.329 e. The van der Waals surface area contributed by atoms with Crippen LogP contribution < -0.4 is 9.47 Å². The van der Waals surface area contributed by atoms with Crippen LogP contribution in [-0.2, 0) is 25.7 Å². The summed E-state index contributed by atoms with van der Waals surface area (Å²) < 4.78 is 16.0. The molecule has 31 heavy (non-hydrogen) atoms. The van der Waals surface area contributed by atoms with Crippen LogP contribution >= 0.6 is 23.2 Å². The molecule has 0 fully saturated rings. The van der Waals surface area contributed by atoms with E-state index in [0.717, 1.165) is 11.6 Å². The molecule has 6 nitrogen and oxygen atoms in total. The van der Waals surface area contributed by atoms with Gasteiger partial charge < -0.3 is 14.2 Å². The van der Waals surface area contributed by atoms with Crippen molar-refractivity contribution in [2.24, 2.45) is 5.92 Å². The number of ether oxygens (including phenoxy) is 3. The number of allylic oxidation sites excluding steroid dienone is 3. The summed E-state index contributed by atoms with van der Waals surface area (Å²) in [6, 6.07) is 10.2. The van der Waals surface area contributed by atoms with Gasteiger partial charge in [0.2, 0.25) is 0 Å². The molecule has 1 unspecified atom stereocenters. The molecule has 160 valence electrons. The summed E-state index contributed by atoms with van der Waals surface area (Å²) in [5.74, 6) is -2.52. The Hall–Kier alpha value is -3.09. The van der Waals surface area contributed by atoms with Crippen LogP contribution in [0.15, 0.2) is 54.3 Å². The molecular formula is C23H18Cl2O6. The van der Waals surface area contributed by atoms with E-state index in [2.05, 4.69) is 0 Å².